The second kappa shape index (κ2) is 6.45. The quantitative estimate of drug-likeness (QED) is 0.902. The summed E-state index contributed by atoms with van der Waals surface area (Å²) in [4.78, 5) is 12.8. The molecule has 1 unspecified atom stereocenters. The van der Waals surface area contributed by atoms with E-state index in [1.807, 2.05) is 0 Å². The van der Waals surface area contributed by atoms with E-state index < -0.39 is 9.84 Å². The van der Waals surface area contributed by atoms with Gasteiger partial charge in [-0.2, -0.15) is 0 Å². The molecule has 0 spiro atoms. The summed E-state index contributed by atoms with van der Waals surface area (Å²) < 4.78 is 22.9. The van der Waals surface area contributed by atoms with Gasteiger partial charge in [0.05, 0.1) is 9.77 Å². The number of amides is 1. The third-order valence-electron chi connectivity index (χ3n) is 4.26. The summed E-state index contributed by atoms with van der Waals surface area (Å²) in [6.07, 6.45) is 4.30. The van der Waals surface area contributed by atoms with E-state index in [9.17, 15) is 13.2 Å². The Morgan fingerprint density at radius 2 is 2.13 bits per heavy atom. The van der Waals surface area contributed by atoms with Crippen molar-refractivity contribution in [2.75, 3.05) is 12.8 Å². The fourth-order valence-corrected chi connectivity index (χ4v) is 4.96. The number of benzene rings is 1. The van der Waals surface area contributed by atoms with E-state index in [0.29, 0.717) is 17.3 Å². The van der Waals surface area contributed by atoms with Crippen molar-refractivity contribution in [3.8, 4) is 0 Å². The van der Waals surface area contributed by atoms with Crippen LogP contribution in [-0.2, 0) is 16.3 Å². The van der Waals surface area contributed by atoms with Gasteiger partial charge in [0.25, 0.3) is 5.91 Å². The molecule has 23 heavy (non-hydrogen) atoms. The van der Waals surface area contributed by atoms with Crippen LogP contribution in [-0.4, -0.2) is 27.1 Å². The Morgan fingerprint density at radius 3 is 2.87 bits per heavy atom. The number of sulfone groups is 1. The molecule has 3 rings (SSSR count). The molecule has 1 atom stereocenters. The van der Waals surface area contributed by atoms with Crippen LogP contribution in [0.25, 0.3) is 0 Å². The fraction of sp³-hybridized carbons (Fsp3) is 0.353. The van der Waals surface area contributed by atoms with Gasteiger partial charge >= 0.3 is 0 Å². The molecule has 1 aromatic heterocycles. The number of hydrogen-bond acceptors (Lipinski definition) is 4. The Hall–Kier alpha value is -1.66. The van der Waals surface area contributed by atoms with Gasteiger partial charge in [0.1, 0.15) is 0 Å². The Labute approximate surface area is 140 Å². The normalized spacial score (nSPS) is 17.0. The van der Waals surface area contributed by atoms with E-state index in [2.05, 4.69) is 29.6 Å². The lowest BCUT2D eigenvalue weighted by molar-refractivity contribution is 0.0956. The summed E-state index contributed by atoms with van der Waals surface area (Å²) in [5, 5.41) is 4.41. The summed E-state index contributed by atoms with van der Waals surface area (Å²) in [6, 6.07) is 9.92. The minimum absolute atomic E-state index is 0.198. The minimum atomic E-state index is -3.25. The average Bonchev–Trinajstić information content (AvgIpc) is 3.14. The number of nitrogens with one attached hydrogen (secondary N) is 1. The first-order valence-corrected chi connectivity index (χ1v) is 10.4. The summed E-state index contributed by atoms with van der Waals surface area (Å²) >= 11 is 1.16. The summed E-state index contributed by atoms with van der Waals surface area (Å²) in [5.41, 5.74) is 2.82. The van der Waals surface area contributed by atoms with Gasteiger partial charge in [0.2, 0.25) is 0 Å². The number of rotatable bonds is 5. The minimum Gasteiger partial charge on any atom is -0.351 e. The molecule has 0 radical (unpaired) electrons. The molecule has 0 saturated heterocycles. The van der Waals surface area contributed by atoms with Gasteiger partial charge in [0, 0.05) is 18.2 Å². The van der Waals surface area contributed by atoms with Gasteiger partial charge in [0.15, 0.2) is 9.84 Å². The van der Waals surface area contributed by atoms with Crippen LogP contribution >= 0.6 is 11.3 Å². The molecule has 1 N–H and O–H groups in total. The largest absolute Gasteiger partial charge is 0.351 e. The Kier molecular flexibility index (Phi) is 4.55. The molecule has 0 bridgehead atoms. The molecule has 0 aliphatic heterocycles. The van der Waals surface area contributed by atoms with Crippen LogP contribution in [0.1, 0.15) is 39.6 Å². The lowest BCUT2D eigenvalue weighted by Gasteiger charge is -2.11. The van der Waals surface area contributed by atoms with Gasteiger partial charge in [-0.15, -0.1) is 11.3 Å². The van der Waals surface area contributed by atoms with E-state index in [0.717, 1.165) is 36.9 Å². The molecule has 122 valence electrons. The molecular weight excluding hydrogens is 330 g/mol. The van der Waals surface area contributed by atoms with E-state index in [1.165, 1.54) is 22.6 Å². The van der Waals surface area contributed by atoms with Crippen LogP contribution in [0.4, 0.5) is 0 Å². The van der Waals surface area contributed by atoms with Crippen molar-refractivity contribution >= 4 is 27.1 Å². The number of carbonyl (C=O) groups excluding carboxylic acids is 1. The number of fused-ring (bicyclic) bond motifs is 1. The molecule has 1 aromatic carbocycles. The summed E-state index contributed by atoms with van der Waals surface area (Å²) in [5.74, 6) is 0.303. The number of hydrogen-bond donors (Lipinski definition) is 1. The smallest absolute Gasteiger partial charge is 0.261 e. The van der Waals surface area contributed by atoms with Crippen LogP contribution in [0, 0.1) is 0 Å². The zero-order chi connectivity index (χ0) is 16.4. The van der Waals surface area contributed by atoms with Crippen molar-refractivity contribution in [3.05, 3.63) is 51.7 Å². The molecule has 0 fully saturated rings. The highest BCUT2D eigenvalue weighted by Crippen LogP contribution is 2.34. The zero-order valence-electron chi connectivity index (χ0n) is 12.9. The highest BCUT2D eigenvalue weighted by Gasteiger charge is 2.22. The Morgan fingerprint density at radius 1 is 1.35 bits per heavy atom. The van der Waals surface area contributed by atoms with E-state index in [4.69, 9.17) is 0 Å². The first-order chi connectivity index (χ1) is 10.9. The molecule has 1 heterocycles. The number of aryl methyl sites for hydroxylation is 1. The number of thiophene rings is 1. The summed E-state index contributed by atoms with van der Waals surface area (Å²) in [7, 11) is -3.25. The third-order valence-corrected chi connectivity index (χ3v) is 6.43. The van der Waals surface area contributed by atoms with Crippen LogP contribution in [0.5, 0.6) is 0 Å². The number of carbonyl (C=O) groups is 1. The van der Waals surface area contributed by atoms with Crippen molar-refractivity contribution in [1.82, 2.24) is 5.32 Å². The molecule has 4 nitrogen and oxygen atoms in total. The monoisotopic (exact) mass is 349 g/mol. The van der Waals surface area contributed by atoms with Gasteiger partial charge in [-0.25, -0.2) is 8.42 Å². The molecule has 6 heteroatoms. The molecule has 1 aliphatic rings. The van der Waals surface area contributed by atoms with E-state index in [-0.39, 0.29) is 10.8 Å². The standard InChI is InChI=1S/C17H19NO3S2/c1-23(20,21)14-10-16(22-11-14)17(19)18-9-8-13-7-6-12-4-2-3-5-15(12)13/h2-5,10-11,13H,6-9H2,1H3,(H,18,19). The molecule has 0 saturated carbocycles. The Balaban J connectivity index is 1.55. The van der Waals surface area contributed by atoms with Crippen LogP contribution in [0.15, 0.2) is 40.6 Å². The van der Waals surface area contributed by atoms with E-state index >= 15 is 0 Å². The van der Waals surface area contributed by atoms with Crippen molar-refractivity contribution in [2.24, 2.45) is 0 Å². The third kappa shape index (κ3) is 3.64. The first kappa shape index (κ1) is 16.2. The molecule has 2 aromatic rings. The maximum Gasteiger partial charge on any atom is 0.261 e. The average molecular weight is 349 g/mol. The van der Waals surface area contributed by atoms with Gasteiger partial charge < -0.3 is 5.32 Å². The SMILES string of the molecule is CS(=O)(=O)c1csc(C(=O)NCCC2CCc3ccccc32)c1. The molecule has 1 amide bonds. The topological polar surface area (TPSA) is 63.2 Å². The predicted octanol–water partition coefficient (Wildman–Crippen LogP) is 3.00. The van der Waals surface area contributed by atoms with Crippen molar-refractivity contribution < 1.29 is 13.2 Å². The summed E-state index contributed by atoms with van der Waals surface area (Å²) in [6.45, 7) is 0.601. The van der Waals surface area contributed by atoms with Crippen LogP contribution < -0.4 is 5.32 Å². The van der Waals surface area contributed by atoms with E-state index in [1.54, 1.807) is 0 Å². The maximum atomic E-state index is 12.1. The van der Waals surface area contributed by atoms with Crippen LogP contribution in [0.3, 0.4) is 0 Å². The van der Waals surface area contributed by atoms with Crippen LogP contribution in [0.2, 0.25) is 0 Å². The second-order valence-corrected chi connectivity index (χ2v) is 8.82. The zero-order valence-corrected chi connectivity index (χ0v) is 14.5. The predicted molar refractivity (Wildman–Crippen MR) is 91.9 cm³/mol. The van der Waals surface area contributed by atoms with Gasteiger partial charge in [-0.1, -0.05) is 24.3 Å². The lowest BCUT2D eigenvalue weighted by Crippen LogP contribution is -2.24. The highest BCUT2D eigenvalue weighted by atomic mass is 32.2. The van der Waals surface area contributed by atoms with Crippen molar-refractivity contribution in [1.29, 1.82) is 0 Å². The van der Waals surface area contributed by atoms with Crippen molar-refractivity contribution in [3.63, 3.8) is 0 Å². The Bertz CT molecular complexity index is 824. The lowest BCUT2D eigenvalue weighted by atomic mass is 9.98. The first-order valence-electron chi connectivity index (χ1n) is 7.60. The van der Waals surface area contributed by atoms with Gasteiger partial charge in [-0.05, 0) is 42.4 Å². The fourth-order valence-electron chi connectivity index (χ4n) is 3.02. The second-order valence-electron chi connectivity index (χ2n) is 5.90. The van der Waals surface area contributed by atoms with Gasteiger partial charge in [-0.3, -0.25) is 4.79 Å². The van der Waals surface area contributed by atoms with Crippen molar-refractivity contribution in [2.45, 2.75) is 30.1 Å². The highest BCUT2D eigenvalue weighted by molar-refractivity contribution is 7.90. The molecule has 1 aliphatic carbocycles. The molecular formula is C17H19NO3S2. The maximum absolute atomic E-state index is 12.1.